The highest BCUT2D eigenvalue weighted by atomic mass is 16.2. The average Bonchev–Trinajstić information content (AvgIpc) is 2.42. The van der Waals surface area contributed by atoms with Gasteiger partial charge in [-0.25, -0.2) is 0 Å². The molecule has 0 aliphatic heterocycles. The molecule has 0 bridgehead atoms. The van der Waals surface area contributed by atoms with E-state index >= 15 is 0 Å². The van der Waals surface area contributed by atoms with Gasteiger partial charge in [-0.15, -0.1) is 0 Å². The van der Waals surface area contributed by atoms with Crippen LogP contribution in [0, 0.1) is 16.7 Å². The maximum absolute atomic E-state index is 12.2. The van der Waals surface area contributed by atoms with Gasteiger partial charge in [0.1, 0.15) is 11.5 Å². The zero-order valence-electron chi connectivity index (χ0n) is 12.6. The second-order valence-electron chi connectivity index (χ2n) is 4.61. The molecule has 5 heteroatoms. The van der Waals surface area contributed by atoms with Crippen LogP contribution in [0.2, 0.25) is 0 Å². The molecule has 0 heterocycles. The van der Waals surface area contributed by atoms with E-state index in [0.717, 1.165) is 0 Å². The fraction of sp³-hybridized carbons (Fsp3) is 0.786. The molecule has 0 aliphatic carbocycles. The summed E-state index contributed by atoms with van der Waals surface area (Å²) in [5, 5.41) is 11.9. The zero-order valence-corrected chi connectivity index (χ0v) is 12.6. The Hall–Kier alpha value is -1.57. The number of hydrogen-bond acceptors (Lipinski definition) is 3. The molecule has 0 aromatic heterocycles. The van der Waals surface area contributed by atoms with Crippen molar-refractivity contribution in [3.8, 4) is 6.07 Å². The van der Waals surface area contributed by atoms with Gasteiger partial charge in [-0.1, -0.05) is 13.8 Å². The lowest BCUT2D eigenvalue weighted by molar-refractivity contribution is -0.138. The number of carbonyl (C=O) groups is 2. The van der Waals surface area contributed by atoms with Crippen molar-refractivity contribution < 1.29 is 9.59 Å². The first-order valence-electron chi connectivity index (χ1n) is 6.93. The summed E-state index contributed by atoms with van der Waals surface area (Å²) in [6, 6.07) is 1.48. The molecule has 1 N–H and O–H groups in total. The predicted molar refractivity (Wildman–Crippen MR) is 74.2 cm³/mol. The predicted octanol–water partition coefficient (Wildman–Crippen LogP) is 1.69. The van der Waals surface area contributed by atoms with E-state index in [1.165, 1.54) is 0 Å². The van der Waals surface area contributed by atoms with E-state index < -0.39 is 11.5 Å². The first kappa shape index (κ1) is 17.4. The Morgan fingerprint density at radius 3 is 2.00 bits per heavy atom. The van der Waals surface area contributed by atoms with E-state index in [4.69, 9.17) is 0 Å². The number of hydrogen-bond donors (Lipinski definition) is 1. The van der Waals surface area contributed by atoms with Gasteiger partial charge in [0, 0.05) is 13.1 Å². The van der Waals surface area contributed by atoms with Gasteiger partial charge in [0.2, 0.25) is 11.8 Å². The second-order valence-corrected chi connectivity index (χ2v) is 4.61. The summed E-state index contributed by atoms with van der Waals surface area (Å²) in [5.41, 5.74) is -1.03. The summed E-state index contributed by atoms with van der Waals surface area (Å²) in [4.78, 5) is 25.9. The summed E-state index contributed by atoms with van der Waals surface area (Å²) >= 11 is 0. The Bertz CT molecular complexity index is 352. The highest BCUT2D eigenvalue weighted by Gasteiger charge is 2.36. The number of nitrogens with zero attached hydrogens (tertiary/aromatic N) is 2. The molecular weight excluding hydrogens is 242 g/mol. The van der Waals surface area contributed by atoms with E-state index in [0.29, 0.717) is 25.9 Å². The average molecular weight is 267 g/mol. The molecule has 0 saturated carbocycles. The van der Waals surface area contributed by atoms with Crippen LogP contribution in [0.15, 0.2) is 0 Å². The van der Waals surface area contributed by atoms with E-state index in [1.54, 1.807) is 11.8 Å². The lowest BCUT2D eigenvalue weighted by Gasteiger charge is -2.27. The molecule has 0 aromatic carbocycles. The summed E-state index contributed by atoms with van der Waals surface area (Å²) in [6.07, 6.45) is 0.885. The Kier molecular flexibility index (Phi) is 7.13. The Labute approximate surface area is 116 Å². The topological polar surface area (TPSA) is 73.2 Å². The van der Waals surface area contributed by atoms with Crippen LogP contribution >= 0.6 is 0 Å². The number of carbonyl (C=O) groups excluding carboxylic acids is 2. The molecule has 0 saturated heterocycles. The smallest absolute Gasteiger partial charge is 0.244 e. The third-order valence-electron chi connectivity index (χ3n) is 3.65. The maximum atomic E-state index is 12.2. The minimum absolute atomic E-state index is 0.114. The molecule has 0 fully saturated rings. The normalized spacial score (nSPS) is 12.4. The summed E-state index contributed by atoms with van der Waals surface area (Å²) in [5.74, 6) is -0.467. The minimum Gasteiger partial charge on any atom is -0.343 e. The summed E-state index contributed by atoms with van der Waals surface area (Å²) < 4.78 is 0. The molecule has 19 heavy (non-hydrogen) atoms. The molecule has 1 atom stereocenters. The van der Waals surface area contributed by atoms with Crippen molar-refractivity contribution in [3.05, 3.63) is 0 Å². The lowest BCUT2D eigenvalue weighted by atomic mass is 9.83. The standard InChI is InChI=1S/C14H25N3O2/c1-6-14(7-2,10-15)13(19)16-11(5)12(18)17(8-3)9-4/h11H,6-9H2,1-5H3,(H,16,19). The molecule has 1 unspecified atom stereocenters. The van der Waals surface area contributed by atoms with Crippen molar-refractivity contribution in [1.29, 1.82) is 5.26 Å². The van der Waals surface area contributed by atoms with Crippen molar-refractivity contribution >= 4 is 11.8 Å². The fourth-order valence-electron chi connectivity index (χ4n) is 1.99. The molecule has 0 radical (unpaired) electrons. The number of nitrogens with one attached hydrogen (secondary N) is 1. The Balaban J connectivity index is 4.82. The fourth-order valence-corrected chi connectivity index (χ4v) is 1.99. The van der Waals surface area contributed by atoms with Crippen molar-refractivity contribution in [1.82, 2.24) is 10.2 Å². The van der Waals surface area contributed by atoms with Crippen LogP contribution < -0.4 is 5.32 Å². The molecule has 0 rings (SSSR count). The van der Waals surface area contributed by atoms with E-state index in [1.807, 2.05) is 27.7 Å². The molecule has 5 nitrogen and oxygen atoms in total. The molecule has 0 aliphatic rings. The monoisotopic (exact) mass is 267 g/mol. The molecule has 0 spiro atoms. The quantitative estimate of drug-likeness (QED) is 0.763. The molecule has 0 aromatic rings. The third-order valence-corrected chi connectivity index (χ3v) is 3.65. The van der Waals surface area contributed by atoms with Crippen molar-refractivity contribution in [2.24, 2.45) is 5.41 Å². The van der Waals surface area contributed by atoms with Gasteiger partial charge in [-0.05, 0) is 33.6 Å². The molecule has 108 valence electrons. The highest BCUT2D eigenvalue weighted by molar-refractivity contribution is 5.91. The summed E-state index contributed by atoms with van der Waals surface area (Å²) in [6.45, 7) is 10.3. The van der Waals surface area contributed by atoms with Gasteiger partial charge >= 0.3 is 0 Å². The van der Waals surface area contributed by atoms with Crippen molar-refractivity contribution in [3.63, 3.8) is 0 Å². The van der Waals surface area contributed by atoms with E-state index in [2.05, 4.69) is 11.4 Å². The van der Waals surface area contributed by atoms with Crippen LogP contribution in [0.25, 0.3) is 0 Å². The number of likely N-dealkylation sites (N-methyl/N-ethyl adjacent to an activating group) is 1. The van der Waals surface area contributed by atoms with Crippen LogP contribution in [0.1, 0.15) is 47.5 Å². The molecule has 2 amide bonds. The number of amides is 2. The number of nitriles is 1. The Morgan fingerprint density at radius 1 is 1.21 bits per heavy atom. The van der Waals surface area contributed by atoms with Crippen LogP contribution in [0.5, 0.6) is 0 Å². The van der Waals surface area contributed by atoms with Gasteiger partial charge < -0.3 is 10.2 Å². The Morgan fingerprint density at radius 2 is 1.68 bits per heavy atom. The SMILES string of the molecule is CCN(CC)C(=O)C(C)NC(=O)C(C#N)(CC)CC. The van der Waals surface area contributed by atoms with Gasteiger partial charge in [0.25, 0.3) is 0 Å². The summed E-state index contributed by atoms with van der Waals surface area (Å²) in [7, 11) is 0. The van der Waals surface area contributed by atoms with E-state index in [-0.39, 0.29) is 11.8 Å². The van der Waals surface area contributed by atoms with Gasteiger partial charge in [0.05, 0.1) is 6.07 Å². The van der Waals surface area contributed by atoms with Crippen LogP contribution in [0.3, 0.4) is 0 Å². The maximum Gasteiger partial charge on any atom is 0.244 e. The molecular formula is C14H25N3O2. The van der Waals surface area contributed by atoms with Crippen LogP contribution in [-0.2, 0) is 9.59 Å². The first-order valence-corrected chi connectivity index (χ1v) is 6.93. The van der Waals surface area contributed by atoms with Crippen molar-refractivity contribution in [2.45, 2.75) is 53.5 Å². The second kappa shape index (κ2) is 7.78. The van der Waals surface area contributed by atoms with Crippen LogP contribution in [-0.4, -0.2) is 35.8 Å². The highest BCUT2D eigenvalue weighted by Crippen LogP contribution is 2.25. The number of rotatable bonds is 7. The lowest BCUT2D eigenvalue weighted by Crippen LogP contribution is -2.50. The zero-order chi connectivity index (χ0) is 15.1. The van der Waals surface area contributed by atoms with Crippen LogP contribution in [0.4, 0.5) is 0 Å². The van der Waals surface area contributed by atoms with Crippen molar-refractivity contribution in [2.75, 3.05) is 13.1 Å². The third kappa shape index (κ3) is 3.95. The minimum atomic E-state index is -1.03. The van der Waals surface area contributed by atoms with Gasteiger partial charge in [0.15, 0.2) is 0 Å². The van der Waals surface area contributed by atoms with E-state index in [9.17, 15) is 14.9 Å². The van der Waals surface area contributed by atoms with Gasteiger partial charge in [-0.2, -0.15) is 5.26 Å². The van der Waals surface area contributed by atoms with Gasteiger partial charge in [-0.3, -0.25) is 9.59 Å². The largest absolute Gasteiger partial charge is 0.343 e. The first-order chi connectivity index (χ1) is 8.92.